The van der Waals surface area contributed by atoms with Gasteiger partial charge < -0.3 is 14.2 Å². The molecule has 2 aliphatic rings. The van der Waals surface area contributed by atoms with Crippen LogP contribution in [0.4, 0.5) is 0 Å². The van der Waals surface area contributed by atoms with Gasteiger partial charge in [0.05, 0.1) is 11.3 Å². The Morgan fingerprint density at radius 3 is 2.88 bits per heavy atom. The van der Waals surface area contributed by atoms with Crippen LogP contribution in [0.25, 0.3) is 5.65 Å². The summed E-state index contributed by atoms with van der Waals surface area (Å²) in [7, 11) is 0. The summed E-state index contributed by atoms with van der Waals surface area (Å²) in [5, 5.41) is 0. The number of piperidine rings is 1. The number of hydrogen-bond donors (Lipinski definition) is 0. The first-order valence-corrected chi connectivity index (χ1v) is 8.66. The van der Waals surface area contributed by atoms with Crippen LogP contribution in [0.15, 0.2) is 24.5 Å². The van der Waals surface area contributed by atoms with E-state index < -0.39 is 0 Å². The van der Waals surface area contributed by atoms with Gasteiger partial charge in [-0.1, -0.05) is 0 Å². The molecule has 0 aliphatic carbocycles. The number of carbonyl (C=O) groups excluding carboxylic acids is 2. The Balaban J connectivity index is 1.53. The first-order chi connectivity index (χ1) is 11.6. The van der Waals surface area contributed by atoms with E-state index in [1.807, 2.05) is 45.7 Å². The number of likely N-dealkylation sites (tertiary alicyclic amines) is 2. The zero-order valence-electron chi connectivity index (χ0n) is 13.9. The quantitative estimate of drug-likeness (QED) is 0.846. The van der Waals surface area contributed by atoms with E-state index in [4.69, 9.17) is 0 Å². The maximum absolute atomic E-state index is 12.9. The molecule has 1 unspecified atom stereocenters. The molecular weight excluding hydrogens is 304 g/mol. The average molecular weight is 326 g/mol. The van der Waals surface area contributed by atoms with E-state index in [1.54, 1.807) is 0 Å². The molecule has 0 radical (unpaired) electrons. The minimum absolute atomic E-state index is 0.0413. The summed E-state index contributed by atoms with van der Waals surface area (Å²) in [6.07, 6.45) is 7.32. The van der Waals surface area contributed by atoms with Crippen LogP contribution in [0.3, 0.4) is 0 Å². The highest BCUT2D eigenvalue weighted by atomic mass is 16.2. The molecule has 2 aromatic rings. The van der Waals surface area contributed by atoms with Crippen LogP contribution in [0.2, 0.25) is 0 Å². The number of rotatable bonds is 2. The van der Waals surface area contributed by atoms with E-state index in [2.05, 4.69) is 4.98 Å². The van der Waals surface area contributed by atoms with Crippen molar-refractivity contribution in [2.45, 2.75) is 38.6 Å². The summed E-state index contributed by atoms with van der Waals surface area (Å²) < 4.78 is 1.90. The van der Waals surface area contributed by atoms with Gasteiger partial charge in [0.2, 0.25) is 5.91 Å². The minimum Gasteiger partial charge on any atom is -0.338 e. The number of aryl methyl sites for hydroxylation is 1. The zero-order valence-corrected chi connectivity index (χ0v) is 13.9. The molecular formula is C18H22N4O2. The predicted molar refractivity (Wildman–Crippen MR) is 89.8 cm³/mol. The van der Waals surface area contributed by atoms with Gasteiger partial charge in [-0.25, -0.2) is 4.98 Å². The Kier molecular flexibility index (Phi) is 3.75. The first-order valence-electron chi connectivity index (χ1n) is 8.66. The first kappa shape index (κ1) is 15.2. The zero-order chi connectivity index (χ0) is 16.7. The van der Waals surface area contributed by atoms with Crippen LogP contribution in [0.1, 0.15) is 41.7 Å². The summed E-state index contributed by atoms with van der Waals surface area (Å²) in [4.78, 5) is 33.1. The number of pyridine rings is 1. The third-order valence-corrected chi connectivity index (χ3v) is 5.05. The molecule has 0 saturated carbocycles. The lowest BCUT2D eigenvalue weighted by molar-refractivity contribution is -0.130. The molecule has 2 amide bonds. The fourth-order valence-corrected chi connectivity index (χ4v) is 3.88. The highest BCUT2D eigenvalue weighted by Gasteiger charge is 2.33. The van der Waals surface area contributed by atoms with Crippen molar-refractivity contribution in [3.05, 3.63) is 35.8 Å². The molecule has 2 aliphatic heterocycles. The monoisotopic (exact) mass is 326 g/mol. The Labute approximate surface area is 141 Å². The van der Waals surface area contributed by atoms with Crippen molar-refractivity contribution in [3.63, 3.8) is 0 Å². The van der Waals surface area contributed by atoms with E-state index >= 15 is 0 Å². The van der Waals surface area contributed by atoms with Gasteiger partial charge in [-0.05, 0) is 38.3 Å². The number of imidazole rings is 1. The Bertz CT molecular complexity index is 797. The van der Waals surface area contributed by atoms with Gasteiger partial charge in [-0.2, -0.15) is 0 Å². The lowest BCUT2D eigenvalue weighted by Gasteiger charge is -2.37. The SMILES string of the molecule is Cc1cn2cc(C(=O)N3CCCC(N4CCCC4=O)C3)ccc2n1. The number of carbonyl (C=O) groups is 2. The van der Waals surface area contributed by atoms with Gasteiger partial charge in [-0.3, -0.25) is 9.59 Å². The molecule has 6 heteroatoms. The maximum Gasteiger partial charge on any atom is 0.255 e. The predicted octanol–water partition coefficient (Wildman–Crippen LogP) is 1.87. The van der Waals surface area contributed by atoms with E-state index in [-0.39, 0.29) is 17.9 Å². The highest BCUT2D eigenvalue weighted by molar-refractivity contribution is 5.94. The van der Waals surface area contributed by atoms with Crippen molar-refractivity contribution >= 4 is 17.5 Å². The lowest BCUT2D eigenvalue weighted by atomic mass is 10.0. The molecule has 1 atom stereocenters. The summed E-state index contributed by atoms with van der Waals surface area (Å²) >= 11 is 0. The van der Waals surface area contributed by atoms with Crippen molar-refractivity contribution in [1.82, 2.24) is 19.2 Å². The van der Waals surface area contributed by atoms with Gasteiger partial charge in [0.15, 0.2) is 0 Å². The Morgan fingerprint density at radius 2 is 2.08 bits per heavy atom. The standard InChI is InChI=1S/C18H22N4O2/c1-13-10-21-11-14(6-7-16(21)19-13)18(24)20-8-2-4-15(12-20)22-9-3-5-17(22)23/h6-7,10-11,15H,2-5,8-9,12H2,1H3. The summed E-state index contributed by atoms with van der Waals surface area (Å²) in [6.45, 7) is 4.19. The number of amides is 2. The molecule has 2 saturated heterocycles. The summed E-state index contributed by atoms with van der Waals surface area (Å²) in [5.74, 6) is 0.282. The van der Waals surface area contributed by atoms with Crippen molar-refractivity contribution < 1.29 is 9.59 Å². The van der Waals surface area contributed by atoms with Crippen LogP contribution in [-0.2, 0) is 4.79 Å². The topological polar surface area (TPSA) is 57.9 Å². The largest absolute Gasteiger partial charge is 0.338 e. The molecule has 0 spiro atoms. The van der Waals surface area contributed by atoms with E-state index in [0.29, 0.717) is 18.5 Å². The van der Waals surface area contributed by atoms with E-state index in [0.717, 1.165) is 43.7 Å². The van der Waals surface area contributed by atoms with Crippen LogP contribution < -0.4 is 0 Å². The van der Waals surface area contributed by atoms with Crippen molar-refractivity contribution in [1.29, 1.82) is 0 Å². The van der Waals surface area contributed by atoms with E-state index in [9.17, 15) is 9.59 Å². The highest BCUT2D eigenvalue weighted by Crippen LogP contribution is 2.22. The van der Waals surface area contributed by atoms with Gasteiger partial charge in [0.1, 0.15) is 5.65 Å². The second-order valence-electron chi connectivity index (χ2n) is 6.80. The molecule has 0 bridgehead atoms. The maximum atomic E-state index is 12.9. The molecule has 4 rings (SSSR count). The van der Waals surface area contributed by atoms with E-state index in [1.165, 1.54) is 0 Å². The summed E-state index contributed by atoms with van der Waals surface area (Å²) in [6, 6.07) is 3.90. The molecule has 126 valence electrons. The van der Waals surface area contributed by atoms with Crippen LogP contribution in [-0.4, -0.2) is 56.7 Å². The second-order valence-corrected chi connectivity index (χ2v) is 6.80. The molecule has 4 heterocycles. The number of nitrogens with zero attached hydrogens (tertiary/aromatic N) is 4. The third kappa shape index (κ3) is 2.66. The van der Waals surface area contributed by atoms with Gasteiger partial charge in [-0.15, -0.1) is 0 Å². The molecule has 6 nitrogen and oxygen atoms in total. The van der Waals surface area contributed by atoms with Crippen LogP contribution >= 0.6 is 0 Å². The third-order valence-electron chi connectivity index (χ3n) is 5.05. The average Bonchev–Trinajstić information content (AvgIpc) is 3.18. The Hall–Kier alpha value is -2.37. The normalized spacial score (nSPS) is 21.7. The van der Waals surface area contributed by atoms with Crippen molar-refractivity contribution in [2.75, 3.05) is 19.6 Å². The van der Waals surface area contributed by atoms with Gasteiger partial charge >= 0.3 is 0 Å². The lowest BCUT2D eigenvalue weighted by Crippen LogP contribution is -2.50. The van der Waals surface area contributed by atoms with Crippen LogP contribution in [0, 0.1) is 6.92 Å². The number of fused-ring (bicyclic) bond motifs is 1. The molecule has 2 fully saturated rings. The summed E-state index contributed by atoms with van der Waals surface area (Å²) in [5.41, 5.74) is 2.46. The second kappa shape index (κ2) is 5.92. The molecule has 0 aromatic carbocycles. The molecule has 24 heavy (non-hydrogen) atoms. The van der Waals surface area contributed by atoms with Crippen molar-refractivity contribution in [2.24, 2.45) is 0 Å². The van der Waals surface area contributed by atoms with Crippen molar-refractivity contribution in [3.8, 4) is 0 Å². The minimum atomic E-state index is 0.0413. The number of aromatic nitrogens is 2. The van der Waals surface area contributed by atoms with Crippen LogP contribution in [0.5, 0.6) is 0 Å². The smallest absolute Gasteiger partial charge is 0.255 e. The number of hydrogen-bond acceptors (Lipinski definition) is 3. The molecule has 2 aromatic heterocycles. The Morgan fingerprint density at radius 1 is 1.21 bits per heavy atom. The van der Waals surface area contributed by atoms with Gasteiger partial charge in [0.25, 0.3) is 5.91 Å². The fraction of sp³-hybridized carbons (Fsp3) is 0.500. The van der Waals surface area contributed by atoms with Gasteiger partial charge in [0, 0.05) is 44.5 Å². The molecule has 0 N–H and O–H groups in total. The fourth-order valence-electron chi connectivity index (χ4n) is 3.88.